The number of amides is 1. The van der Waals surface area contributed by atoms with Gasteiger partial charge in [-0.15, -0.1) is 10.2 Å². The summed E-state index contributed by atoms with van der Waals surface area (Å²) in [5.74, 6) is -0.718. The van der Waals surface area contributed by atoms with E-state index in [0.717, 1.165) is 17.8 Å². The zero-order chi connectivity index (χ0) is 19.0. The second-order valence-corrected chi connectivity index (χ2v) is 6.43. The predicted molar refractivity (Wildman–Crippen MR) is 100 cm³/mol. The number of hydrogen-bond acceptors (Lipinski definition) is 7. The summed E-state index contributed by atoms with van der Waals surface area (Å²) in [6, 6.07) is 8.30. The Balaban J connectivity index is 1.60. The molecule has 0 saturated carbocycles. The number of aromatic amines is 3. The van der Waals surface area contributed by atoms with Crippen molar-refractivity contribution in [2.24, 2.45) is 15.2 Å². The third kappa shape index (κ3) is 3.35. The second kappa shape index (κ2) is 6.53. The van der Waals surface area contributed by atoms with Crippen molar-refractivity contribution in [1.29, 1.82) is 0 Å². The first kappa shape index (κ1) is 16.7. The van der Waals surface area contributed by atoms with Gasteiger partial charge in [-0.25, -0.2) is 4.79 Å². The molecule has 0 fully saturated rings. The van der Waals surface area contributed by atoms with E-state index in [1.54, 1.807) is 18.2 Å². The van der Waals surface area contributed by atoms with E-state index >= 15 is 0 Å². The summed E-state index contributed by atoms with van der Waals surface area (Å²) in [5, 5.41) is 18.6. The van der Waals surface area contributed by atoms with Crippen LogP contribution in [0, 0.1) is 0 Å². The molecule has 0 saturated heterocycles. The first-order valence-electron chi connectivity index (χ1n) is 7.57. The minimum absolute atomic E-state index is 0.0723. The highest BCUT2D eigenvalue weighted by atomic mass is 32.2. The highest BCUT2D eigenvalue weighted by molar-refractivity contribution is 8.18. The van der Waals surface area contributed by atoms with E-state index in [0.29, 0.717) is 10.9 Å². The first-order valence-corrected chi connectivity index (χ1v) is 8.39. The van der Waals surface area contributed by atoms with Crippen LogP contribution in [0.4, 0.5) is 5.69 Å². The molecule has 3 heterocycles. The Morgan fingerprint density at radius 2 is 1.89 bits per heavy atom. The lowest BCUT2D eigenvalue weighted by atomic mass is 10.2. The Hall–Kier alpha value is -3.73. The van der Waals surface area contributed by atoms with Crippen molar-refractivity contribution in [3.05, 3.63) is 61.8 Å². The summed E-state index contributed by atoms with van der Waals surface area (Å²) in [5.41, 5.74) is -0.169. The summed E-state index contributed by atoms with van der Waals surface area (Å²) in [4.78, 5) is 45.7. The molecule has 134 valence electrons. The van der Waals surface area contributed by atoms with Crippen LogP contribution < -0.4 is 11.2 Å². The first-order chi connectivity index (χ1) is 13.0. The Morgan fingerprint density at radius 1 is 1.07 bits per heavy atom. The van der Waals surface area contributed by atoms with E-state index in [-0.39, 0.29) is 27.3 Å². The van der Waals surface area contributed by atoms with Crippen molar-refractivity contribution in [2.75, 3.05) is 0 Å². The van der Waals surface area contributed by atoms with Crippen LogP contribution in [-0.2, 0) is 4.79 Å². The molecule has 27 heavy (non-hydrogen) atoms. The third-order valence-electron chi connectivity index (χ3n) is 3.57. The summed E-state index contributed by atoms with van der Waals surface area (Å²) in [7, 11) is 0. The topological polar surface area (TPSA) is 156 Å². The van der Waals surface area contributed by atoms with Gasteiger partial charge >= 0.3 is 5.69 Å². The van der Waals surface area contributed by atoms with Crippen LogP contribution >= 0.6 is 11.8 Å². The van der Waals surface area contributed by atoms with Crippen molar-refractivity contribution >= 4 is 45.5 Å². The fourth-order valence-corrected chi connectivity index (χ4v) is 3.18. The minimum Gasteiger partial charge on any atom is -0.493 e. The fraction of sp³-hybridized carbons (Fsp3) is 0. The number of benzene rings is 1. The number of para-hydroxylation sites is 1. The standard InChI is InChI=1S/C16H10N6O4S/c23-11-6-7(17-15(26)19-11)5-10-13(24)20-16(27-10)22-21-12-8-3-1-2-4-9(8)18-14(12)25/h1-6,18,25H,(H2,17,19,23,26)/b10-5-,22-21?. The van der Waals surface area contributed by atoms with Gasteiger partial charge in [0.15, 0.2) is 5.69 Å². The number of aliphatic imine (C=N–C) groups is 1. The number of nitrogens with one attached hydrogen (secondary N) is 3. The predicted octanol–water partition coefficient (Wildman–Crippen LogP) is 2.00. The number of fused-ring (bicyclic) bond motifs is 1. The molecule has 2 aromatic heterocycles. The maximum Gasteiger partial charge on any atom is 0.326 e. The van der Waals surface area contributed by atoms with Crippen molar-refractivity contribution in [3.8, 4) is 5.88 Å². The highest BCUT2D eigenvalue weighted by Crippen LogP contribution is 2.36. The number of rotatable bonds is 2. The lowest BCUT2D eigenvalue weighted by molar-refractivity contribution is -0.113. The van der Waals surface area contributed by atoms with Gasteiger partial charge in [-0.1, -0.05) is 18.2 Å². The number of aromatic nitrogens is 3. The molecule has 1 aliphatic rings. The molecular formula is C16H10N6O4S. The van der Waals surface area contributed by atoms with E-state index in [1.807, 2.05) is 11.1 Å². The number of nitrogens with zero attached hydrogens (tertiary/aromatic N) is 3. The molecule has 1 amide bonds. The monoisotopic (exact) mass is 382 g/mol. The quantitative estimate of drug-likeness (QED) is 0.394. The Kier molecular flexibility index (Phi) is 4.05. The van der Waals surface area contributed by atoms with E-state index in [9.17, 15) is 19.5 Å². The second-order valence-electron chi connectivity index (χ2n) is 5.42. The molecule has 0 bridgehead atoms. The van der Waals surface area contributed by atoms with Crippen LogP contribution in [0.1, 0.15) is 5.69 Å². The van der Waals surface area contributed by atoms with Gasteiger partial charge in [0.1, 0.15) is 0 Å². The third-order valence-corrected chi connectivity index (χ3v) is 4.44. The van der Waals surface area contributed by atoms with Gasteiger partial charge in [-0.3, -0.25) is 14.6 Å². The van der Waals surface area contributed by atoms with Gasteiger partial charge in [0.2, 0.25) is 11.0 Å². The number of hydrogen-bond donors (Lipinski definition) is 4. The number of azo groups is 1. The SMILES string of the molecule is O=C1N=C(N=Nc2c(O)[nH]c3ccccc23)S/C1=C\c1cc(=O)[nH]c(=O)[nH]1. The van der Waals surface area contributed by atoms with E-state index in [4.69, 9.17) is 0 Å². The van der Waals surface area contributed by atoms with Crippen LogP contribution in [0.5, 0.6) is 5.88 Å². The van der Waals surface area contributed by atoms with Gasteiger partial charge in [0.25, 0.3) is 11.5 Å². The van der Waals surface area contributed by atoms with Crippen molar-refractivity contribution < 1.29 is 9.90 Å². The summed E-state index contributed by atoms with van der Waals surface area (Å²) >= 11 is 0.933. The molecule has 10 nitrogen and oxygen atoms in total. The van der Waals surface area contributed by atoms with Gasteiger partial charge in [0.05, 0.1) is 10.4 Å². The molecule has 0 unspecified atom stereocenters. The summed E-state index contributed by atoms with van der Waals surface area (Å²) in [6.45, 7) is 0. The molecule has 0 atom stereocenters. The molecule has 1 aliphatic heterocycles. The average molecular weight is 382 g/mol. The maximum absolute atomic E-state index is 12.0. The zero-order valence-electron chi connectivity index (χ0n) is 13.4. The molecule has 4 N–H and O–H groups in total. The fourth-order valence-electron chi connectivity index (χ4n) is 2.45. The van der Waals surface area contributed by atoms with Crippen molar-refractivity contribution in [2.45, 2.75) is 0 Å². The summed E-state index contributed by atoms with van der Waals surface area (Å²) < 4.78 is 0. The van der Waals surface area contributed by atoms with Crippen LogP contribution in [0.2, 0.25) is 0 Å². The largest absolute Gasteiger partial charge is 0.493 e. The molecule has 0 radical (unpaired) electrons. The zero-order valence-corrected chi connectivity index (χ0v) is 14.2. The van der Waals surface area contributed by atoms with Gasteiger partial charge in [0, 0.05) is 17.1 Å². The molecule has 1 aromatic carbocycles. The normalized spacial score (nSPS) is 15.9. The lowest BCUT2D eigenvalue weighted by Gasteiger charge is -1.94. The number of H-pyrrole nitrogens is 3. The van der Waals surface area contributed by atoms with Crippen LogP contribution in [0.15, 0.2) is 60.0 Å². The Bertz CT molecular complexity index is 1250. The molecule has 11 heteroatoms. The smallest absolute Gasteiger partial charge is 0.326 e. The van der Waals surface area contributed by atoms with Gasteiger partial charge in [-0.2, -0.15) is 4.99 Å². The average Bonchev–Trinajstić information content (AvgIpc) is 3.11. The van der Waals surface area contributed by atoms with Crippen LogP contribution in [0.3, 0.4) is 0 Å². The molecule has 0 spiro atoms. The Morgan fingerprint density at radius 3 is 2.70 bits per heavy atom. The number of aromatic hydroxyl groups is 1. The molecule has 4 rings (SSSR count). The van der Waals surface area contributed by atoms with E-state index < -0.39 is 17.2 Å². The Labute approximate surface area is 153 Å². The minimum atomic E-state index is -0.680. The number of amidine groups is 1. The van der Waals surface area contributed by atoms with Crippen LogP contribution in [-0.4, -0.2) is 31.1 Å². The van der Waals surface area contributed by atoms with Crippen molar-refractivity contribution in [3.63, 3.8) is 0 Å². The number of carbonyl (C=O) groups is 1. The van der Waals surface area contributed by atoms with Crippen LogP contribution in [0.25, 0.3) is 17.0 Å². The van der Waals surface area contributed by atoms with Gasteiger partial charge in [-0.05, 0) is 23.9 Å². The summed E-state index contributed by atoms with van der Waals surface area (Å²) in [6.07, 6.45) is 1.33. The maximum atomic E-state index is 12.0. The van der Waals surface area contributed by atoms with E-state index in [2.05, 4.69) is 25.2 Å². The van der Waals surface area contributed by atoms with Crippen molar-refractivity contribution in [1.82, 2.24) is 15.0 Å². The van der Waals surface area contributed by atoms with Gasteiger partial charge < -0.3 is 15.1 Å². The van der Waals surface area contributed by atoms with E-state index in [1.165, 1.54) is 6.08 Å². The lowest BCUT2D eigenvalue weighted by Crippen LogP contribution is -2.21. The molecule has 0 aliphatic carbocycles. The molecule has 3 aromatic rings. The number of carbonyl (C=O) groups excluding carboxylic acids is 1. The number of thioether (sulfide) groups is 1. The molecular weight excluding hydrogens is 372 g/mol. The highest BCUT2D eigenvalue weighted by Gasteiger charge is 2.22.